The van der Waals surface area contributed by atoms with Crippen molar-refractivity contribution in [1.82, 2.24) is 0 Å². The molecule has 2 aromatic carbocycles. The van der Waals surface area contributed by atoms with Gasteiger partial charge in [0.1, 0.15) is 5.75 Å². The Bertz CT molecular complexity index is 676. The molecule has 2 heteroatoms. The fraction of sp³-hybridized carbons (Fsp3) is 0.429. The highest BCUT2D eigenvalue weighted by molar-refractivity contribution is 5.72. The highest BCUT2D eigenvalue weighted by atomic mass is 16.5. The minimum absolute atomic E-state index is 0.177. The lowest BCUT2D eigenvalue weighted by molar-refractivity contribution is -0.120. The molecule has 0 saturated carbocycles. The van der Waals surface area contributed by atoms with Crippen molar-refractivity contribution >= 4 is 0 Å². The lowest BCUT2D eigenvalue weighted by Gasteiger charge is -2.37. The van der Waals surface area contributed by atoms with E-state index in [-0.39, 0.29) is 5.41 Å². The molecule has 1 fully saturated rings. The first-order valence-corrected chi connectivity index (χ1v) is 8.42. The summed E-state index contributed by atoms with van der Waals surface area (Å²) in [4.78, 5) is 0. The Balaban J connectivity index is 1.85. The molecule has 1 aliphatic rings. The van der Waals surface area contributed by atoms with Gasteiger partial charge in [0, 0.05) is 5.41 Å². The van der Waals surface area contributed by atoms with Crippen molar-refractivity contribution in [3.8, 4) is 16.9 Å². The van der Waals surface area contributed by atoms with E-state index >= 15 is 0 Å². The van der Waals surface area contributed by atoms with E-state index in [1.807, 2.05) is 0 Å². The van der Waals surface area contributed by atoms with Crippen LogP contribution in [-0.2, 0) is 11.2 Å². The van der Waals surface area contributed by atoms with Crippen LogP contribution in [0.25, 0.3) is 11.1 Å². The normalized spacial score (nSPS) is 16.0. The molecule has 0 unspecified atom stereocenters. The van der Waals surface area contributed by atoms with Crippen molar-refractivity contribution in [3.63, 3.8) is 0 Å². The lowest BCUT2D eigenvalue weighted by atomic mass is 9.90. The quantitative estimate of drug-likeness (QED) is 0.778. The van der Waals surface area contributed by atoms with E-state index in [0.29, 0.717) is 0 Å². The molecule has 0 aliphatic carbocycles. The van der Waals surface area contributed by atoms with Crippen LogP contribution >= 0.6 is 0 Å². The number of hydrogen-bond donors (Lipinski definition) is 0. The molecule has 0 aromatic heterocycles. The predicted octanol–water partition coefficient (Wildman–Crippen LogP) is 4.95. The van der Waals surface area contributed by atoms with Gasteiger partial charge >= 0.3 is 0 Å². The van der Waals surface area contributed by atoms with Crippen LogP contribution in [0.5, 0.6) is 5.75 Å². The molecule has 2 nitrogen and oxygen atoms in total. The van der Waals surface area contributed by atoms with Crippen molar-refractivity contribution in [3.05, 3.63) is 53.1 Å². The first-order chi connectivity index (χ1) is 11.0. The van der Waals surface area contributed by atoms with Gasteiger partial charge in [0.25, 0.3) is 0 Å². The molecule has 0 radical (unpaired) electrons. The molecule has 1 aliphatic heterocycles. The summed E-state index contributed by atoms with van der Waals surface area (Å²) in [6, 6.07) is 13.1. The average Bonchev–Trinajstić information content (AvgIpc) is 2.50. The van der Waals surface area contributed by atoms with Crippen LogP contribution in [0.1, 0.15) is 30.5 Å². The van der Waals surface area contributed by atoms with Crippen LogP contribution in [0.4, 0.5) is 0 Å². The highest BCUT2D eigenvalue weighted by Gasteiger charge is 2.34. The molecule has 0 spiro atoms. The molecule has 1 saturated heterocycles. The number of aryl methyl sites for hydroxylation is 3. The van der Waals surface area contributed by atoms with Crippen molar-refractivity contribution in [2.24, 2.45) is 5.41 Å². The second kappa shape index (κ2) is 6.37. The first kappa shape index (κ1) is 16.1. The largest absolute Gasteiger partial charge is 0.493 e. The molecule has 0 atom stereocenters. The number of ether oxygens (including phenoxy) is 2. The second-order valence-corrected chi connectivity index (χ2v) is 7.08. The highest BCUT2D eigenvalue weighted by Crippen LogP contribution is 2.33. The molecule has 3 rings (SSSR count). The molecular formula is C21H26O2. The van der Waals surface area contributed by atoms with Gasteiger partial charge in [-0.15, -0.1) is 0 Å². The van der Waals surface area contributed by atoms with E-state index < -0.39 is 0 Å². The number of benzene rings is 2. The van der Waals surface area contributed by atoms with E-state index in [0.717, 1.165) is 32.0 Å². The van der Waals surface area contributed by atoms with Gasteiger partial charge in [0.05, 0.1) is 19.8 Å². The minimum Gasteiger partial charge on any atom is -0.493 e. The van der Waals surface area contributed by atoms with Gasteiger partial charge in [-0.05, 0) is 60.2 Å². The summed E-state index contributed by atoms with van der Waals surface area (Å²) in [6.07, 6.45) is 1.06. The van der Waals surface area contributed by atoms with E-state index in [4.69, 9.17) is 9.47 Å². The van der Waals surface area contributed by atoms with Gasteiger partial charge in [-0.2, -0.15) is 0 Å². The topological polar surface area (TPSA) is 18.5 Å². The maximum absolute atomic E-state index is 6.03. The molecule has 0 N–H and O–H groups in total. The van der Waals surface area contributed by atoms with E-state index in [2.05, 4.69) is 64.1 Å². The van der Waals surface area contributed by atoms with E-state index in [9.17, 15) is 0 Å². The molecule has 122 valence electrons. The fourth-order valence-corrected chi connectivity index (χ4v) is 3.20. The molecule has 1 heterocycles. The number of rotatable bonds is 5. The van der Waals surface area contributed by atoms with Crippen molar-refractivity contribution < 1.29 is 9.47 Å². The Morgan fingerprint density at radius 3 is 2.35 bits per heavy atom. The van der Waals surface area contributed by atoms with Gasteiger partial charge in [0.15, 0.2) is 0 Å². The lowest BCUT2D eigenvalue weighted by Crippen LogP contribution is -2.44. The smallest absolute Gasteiger partial charge is 0.119 e. The summed E-state index contributed by atoms with van der Waals surface area (Å²) in [7, 11) is 0. The minimum atomic E-state index is 0.177. The van der Waals surface area contributed by atoms with Crippen molar-refractivity contribution in [1.29, 1.82) is 0 Å². The Hall–Kier alpha value is -1.80. The molecule has 23 heavy (non-hydrogen) atoms. The third-order valence-corrected chi connectivity index (χ3v) is 4.62. The van der Waals surface area contributed by atoms with E-state index in [1.54, 1.807) is 0 Å². The number of hydrogen-bond acceptors (Lipinski definition) is 2. The first-order valence-electron chi connectivity index (χ1n) is 8.42. The predicted molar refractivity (Wildman–Crippen MR) is 95.2 cm³/mol. The third-order valence-electron chi connectivity index (χ3n) is 4.62. The van der Waals surface area contributed by atoms with Crippen LogP contribution in [0.2, 0.25) is 0 Å². The maximum Gasteiger partial charge on any atom is 0.119 e. The summed E-state index contributed by atoms with van der Waals surface area (Å²) >= 11 is 0. The Morgan fingerprint density at radius 1 is 1.09 bits per heavy atom. The summed E-state index contributed by atoms with van der Waals surface area (Å²) in [5.74, 6) is 0.962. The third kappa shape index (κ3) is 3.42. The van der Waals surface area contributed by atoms with Gasteiger partial charge in [0.2, 0.25) is 0 Å². The summed E-state index contributed by atoms with van der Waals surface area (Å²) in [5, 5.41) is 0. The van der Waals surface area contributed by atoms with Crippen LogP contribution in [0.15, 0.2) is 36.4 Å². The molecule has 2 aromatic rings. The monoisotopic (exact) mass is 310 g/mol. The standard InChI is InChI=1S/C21H26O2/c1-5-17-7-6-8-18(11-17)20-15(2)9-19(10-16(20)3)23-14-21(4)12-22-13-21/h6-11H,5,12-14H2,1-4H3. The van der Waals surface area contributed by atoms with Crippen molar-refractivity contribution in [2.75, 3.05) is 19.8 Å². The van der Waals surface area contributed by atoms with Crippen LogP contribution in [0, 0.1) is 19.3 Å². The fourth-order valence-electron chi connectivity index (χ4n) is 3.20. The Morgan fingerprint density at radius 2 is 1.78 bits per heavy atom. The van der Waals surface area contributed by atoms with Crippen molar-refractivity contribution in [2.45, 2.75) is 34.1 Å². The second-order valence-electron chi connectivity index (χ2n) is 7.08. The SMILES string of the molecule is CCc1cccc(-c2c(C)cc(OCC3(C)COC3)cc2C)c1. The Labute approximate surface area is 139 Å². The zero-order valence-electron chi connectivity index (χ0n) is 14.6. The van der Waals surface area contributed by atoms with Gasteiger partial charge in [-0.3, -0.25) is 0 Å². The zero-order chi connectivity index (χ0) is 16.4. The summed E-state index contributed by atoms with van der Waals surface area (Å²) in [6.45, 7) is 11.1. The van der Waals surface area contributed by atoms with Crippen LogP contribution < -0.4 is 4.74 Å². The van der Waals surface area contributed by atoms with Crippen LogP contribution in [-0.4, -0.2) is 19.8 Å². The Kier molecular flexibility index (Phi) is 4.45. The molecular weight excluding hydrogens is 284 g/mol. The maximum atomic E-state index is 6.03. The van der Waals surface area contributed by atoms with Crippen LogP contribution in [0.3, 0.4) is 0 Å². The van der Waals surface area contributed by atoms with Gasteiger partial charge in [-0.25, -0.2) is 0 Å². The van der Waals surface area contributed by atoms with Gasteiger partial charge in [-0.1, -0.05) is 38.1 Å². The molecule has 0 amide bonds. The zero-order valence-corrected chi connectivity index (χ0v) is 14.6. The summed E-state index contributed by atoms with van der Waals surface area (Å²) < 4.78 is 11.3. The van der Waals surface area contributed by atoms with Gasteiger partial charge < -0.3 is 9.47 Å². The van der Waals surface area contributed by atoms with E-state index in [1.165, 1.54) is 27.8 Å². The summed E-state index contributed by atoms with van der Waals surface area (Å²) in [5.41, 5.74) is 6.71. The molecule has 0 bridgehead atoms. The average molecular weight is 310 g/mol.